The first kappa shape index (κ1) is 35.3. The number of hydrogen-bond donors (Lipinski definition) is 2. The van der Waals surface area contributed by atoms with Crippen LogP contribution in [0.3, 0.4) is 0 Å². The summed E-state index contributed by atoms with van der Waals surface area (Å²) >= 11 is 16.8. The molecule has 3 heterocycles. The van der Waals surface area contributed by atoms with E-state index in [0.29, 0.717) is 28.2 Å². The first-order valence-electron chi connectivity index (χ1n) is 15.4. The van der Waals surface area contributed by atoms with Crippen molar-refractivity contribution in [1.82, 2.24) is 20.1 Å². The van der Waals surface area contributed by atoms with Gasteiger partial charge in [-0.15, -0.1) is 23.5 Å². The van der Waals surface area contributed by atoms with Crippen molar-refractivity contribution >= 4 is 86.6 Å². The topological polar surface area (TPSA) is 104 Å². The monoisotopic (exact) mass is 753 g/mol. The van der Waals surface area contributed by atoms with Gasteiger partial charge in [0, 0.05) is 35.5 Å². The Hall–Kier alpha value is -3.52. The number of thiazole rings is 1. The molecule has 0 radical (unpaired) electrons. The number of thioether (sulfide) groups is 2. The predicted molar refractivity (Wildman–Crippen MR) is 199 cm³/mol. The maximum atomic E-state index is 13.7. The highest BCUT2D eigenvalue weighted by Crippen LogP contribution is 2.49. The summed E-state index contributed by atoms with van der Waals surface area (Å²) in [4.78, 5) is 50.4. The number of amides is 2. The van der Waals surface area contributed by atoms with Crippen LogP contribution in [0.4, 0.5) is 5.13 Å². The van der Waals surface area contributed by atoms with Crippen molar-refractivity contribution in [3.05, 3.63) is 117 Å². The molecule has 0 spiro atoms. The Kier molecular flexibility index (Phi) is 11.5. The van der Waals surface area contributed by atoms with E-state index in [0.717, 1.165) is 38.1 Å². The Balaban J connectivity index is 1.21. The van der Waals surface area contributed by atoms with E-state index >= 15 is 0 Å². The van der Waals surface area contributed by atoms with Crippen molar-refractivity contribution in [3.8, 4) is 0 Å². The number of benzene rings is 3. The van der Waals surface area contributed by atoms with Crippen LogP contribution in [0, 0.1) is 0 Å². The number of hydrogen-bond acceptors (Lipinski definition) is 10. The molecule has 3 aromatic carbocycles. The fourth-order valence-corrected chi connectivity index (χ4v) is 9.39. The second-order valence-electron chi connectivity index (χ2n) is 11.5. The number of nitrogens with one attached hydrogen (secondary N) is 2. The van der Waals surface area contributed by atoms with E-state index in [2.05, 4.69) is 20.5 Å². The average molecular weight is 755 g/mol. The van der Waals surface area contributed by atoms with E-state index in [1.165, 1.54) is 23.1 Å². The molecule has 2 atom stereocenters. The Morgan fingerprint density at radius 2 is 1.73 bits per heavy atom. The highest BCUT2D eigenvalue weighted by molar-refractivity contribution is 8.04. The fourth-order valence-electron chi connectivity index (χ4n) is 5.29. The van der Waals surface area contributed by atoms with Crippen LogP contribution < -0.4 is 10.6 Å². The molecule has 14 heteroatoms. The molecule has 2 aliphatic rings. The maximum Gasteiger partial charge on any atom is 0.316 e. The van der Waals surface area contributed by atoms with E-state index < -0.39 is 29.7 Å². The van der Waals surface area contributed by atoms with Crippen molar-refractivity contribution in [2.24, 2.45) is 0 Å². The lowest BCUT2D eigenvalue weighted by Crippen LogP contribution is -2.64. The van der Waals surface area contributed by atoms with Gasteiger partial charge in [0.15, 0.2) is 11.2 Å². The Labute approximate surface area is 307 Å². The van der Waals surface area contributed by atoms with Gasteiger partial charge in [-0.05, 0) is 43.4 Å². The highest BCUT2D eigenvalue weighted by atomic mass is 35.5. The molecule has 2 unspecified atom stereocenters. The van der Waals surface area contributed by atoms with E-state index in [9.17, 15) is 14.4 Å². The number of esters is 1. The summed E-state index contributed by atoms with van der Waals surface area (Å²) in [5.74, 6) is -0.539. The zero-order chi connectivity index (χ0) is 34.5. The van der Waals surface area contributed by atoms with Gasteiger partial charge in [0.05, 0.1) is 14.9 Å². The van der Waals surface area contributed by atoms with Gasteiger partial charge in [-0.25, -0.2) is 4.98 Å². The number of rotatable bonds is 13. The second-order valence-corrected chi connectivity index (χ2v) is 15.7. The van der Waals surface area contributed by atoms with Gasteiger partial charge >= 0.3 is 5.97 Å². The summed E-state index contributed by atoms with van der Waals surface area (Å²) in [5, 5.41) is 7.19. The number of fused-ring (bicyclic) bond motifs is 1. The van der Waals surface area contributed by atoms with Gasteiger partial charge in [-0.3, -0.25) is 19.3 Å². The number of aromatic nitrogens is 1. The molecule has 0 aliphatic carbocycles. The summed E-state index contributed by atoms with van der Waals surface area (Å²) in [6.45, 7) is 1.55. The molecular formula is C35H33Cl2N5O4S3. The number of anilines is 1. The van der Waals surface area contributed by atoms with Gasteiger partial charge in [0.25, 0.3) is 0 Å². The number of carbonyl (C=O) groups is 3. The van der Waals surface area contributed by atoms with Crippen molar-refractivity contribution in [2.75, 3.05) is 38.3 Å². The quantitative estimate of drug-likeness (QED) is 0.0849. The van der Waals surface area contributed by atoms with Gasteiger partial charge in [-0.1, -0.05) is 95.2 Å². The third kappa shape index (κ3) is 8.45. The Morgan fingerprint density at radius 3 is 2.39 bits per heavy atom. The number of carbonyl (C=O) groups excluding carboxylic acids is 3. The largest absolute Gasteiger partial charge is 0.452 e. The van der Waals surface area contributed by atoms with Crippen LogP contribution in [0.1, 0.15) is 28.5 Å². The van der Waals surface area contributed by atoms with E-state index in [1.54, 1.807) is 35.0 Å². The molecule has 9 nitrogen and oxygen atoms in total. The van der Waals surface area contributed by atoms with Crippen LogP contribution >= 0.6 is 58.1 Å². The smallest absolute Gasteiger partial charge is 0.316 e. The molecule has 1 saturated heterocycles. The Morgan fingerprint density at radius 1 is 1.04 bits per heavy atom. The van der Waals surface area contributed by atoms with E-state index in [-0.39, 0.29) is 11.3 Å². The zero-order valence-corrected chi connectivity index (χ0v) is 30.6. The minimum atomic E-state index is -0.688. The summed E-state index contributed by atoms with van der Waals surface area (Å²) in [5.41, 5.74) is 2.34. The highest BCUT2D eigenvalue weighted by Gasteiger charge is 2.53. The molecule has 2 amide bonds. The van der Waals surface area contributed by atoms with Crippen LogP contribution in [0.2, 0.25) is 10.0 Å². The molecular weight excluding hydrogens is 722 g/mol. The molecule has 2 aliphatic heterocycles. The number of likely N-dealkylation sites (N-methyl/N-ethyl adjacent to an activating group) is 1. The minimum Gasteiger partial charge on any atom is -0.452 e. The summed E-state index contributed by atoms with van der Waals surface area (Å²) in [7, 11) is 4.00. The van der Waals surface area contributed by atoms with Gasteiger partial charge in [0.1, 0.15) is 22.9 Å². The second kappa shape index (κ2) is 16.0. The number of nitrogens with zero attached hydrogens (tertiary/aromatic N) is 3. The van der Waals surface area contributed by atoms with E-state index in [1.807, 2.05) is 80.8 Å². The third-order valence-corrected chi connectivity index (χ3v) is 12.2. The van der Waals surface area contributed by atoms with Crippen LogP contribution in [0.15, 0.2) is 95.8 Å². The van der Waals surface area contributed by atoms with Gasteiger partial charge < -0.3 is 20.3 Å². The molecule has 1 fully saturated rings. The Bertz CT molecular complexity index is 1820. The molecule has 6 rings (SSSR count). The van der Waals surface area contributed by atoms with Crippen molar-refractivity contribution in [3.63, 3.8) is 0 Å². The number of ether oxygens (including phenoxy) is 1. The van der Waals surface area contributed by atoms with Crippen molar-refractivity contribution in [1.29, 1.82) is 0 Å². The third-order valence-electron chi connectivity index (χ3n) is 7.73. The fraction of sp³-hybridized carbons (Fsp3) is 0.257. The SMILES string of the molecule is CN(C)CCNc1ncc(C2=C(NC(=O)CC(=O)OC(c3ccccc3)c3ccccc3)N3C(=O)C(Sc4ccc(Cl)c(Cl)c4)C3SC2)s1. The summed E-state index contributed by atoms with van der Waals surface area (Å²) < 4.78 is 5.89. The molecule has 0 saturated carbocycles. The molecule has 1 aromatic heterocycles. The average Bonchev–Trinajstić information content (AvgIpc) is 3.56. The number of β-lactam (4-membered cyclic amide) rings is 1. The first-order chi connectivity index (χ1) is 23.7. The minimum absolute atomic E-state index is 0.161. The standard InChI is InChI=1S/C35H33Cl2N5O4S3/c1-41(2)16-15-38-35-39-19-27(49-35)24-20-47-34-31(48-23-13-14-25(36)26(37)17-23)33(45)42(34)32(24)40-28(43)18-29(44)46-30(21-9-5-3-6-10-21)22-11-7-4-8-12-22/h3-14,17,19,30-31,34H,15-16,18,20H2,1-2H3,(H,38,39)(H,40,43). The van der Waals surface area contributed by atoms with Crippen LogP contribution in [-0.4, -0.2) is 76.1 Å². The predicted octanol–water partition coefficient (Wildman–Crippen LogP) is 7.01. The number of halogens is 2. The molecule has 49 heavy (non-hydrogen) atoms. The van der Waals surface area contributed by atoms with Crippen LogP contribution in [0.25, 0.3) is 5.57 Å². The first-order valence-corrected chi connectivity index (χ1v) is 18.9. The van der Waals surface area contributed by atoms with Crippen LogP contribution in [0.5, 0.6) is 0 Å². The van der Waals surface area contributed by atoms with Crippen molar-refractivity contribution in [2.45, 2.75) is 28.0 Å². The van der Waals surface area contributed by atoms with Gasteiger partial charge in [-0.2, -0.15) is 0 Å². The van der Waals surface area contributed by atoms with E-state index in [4.69, 9.17) is 27.9 Å². The normalized spacial score (nSPS) is 17.2. The lowest BCUT2D eigenvalue weighted by atomic mass is 10.0. The summed E-state index contributed by atoms with van der Waals surface area (Å²) in [6.07, 6.45) is 0.532. The molecule has 4 aromatic rings. The molecule has 0 bridgehead atoms. The lowest BCUT2D eigenvalue weighted by molar-refractivity contribution is -0.149. The maximum absolute atomic E-state index is 13.7. The van der Waals surface area contributed by atoms with Crippen LogP contribution in [-0.2, 0) is 19.1 Å². The molecule has 254 valence electrons. The molecule has 2 N–H and O–H groups in total. The summed E-state index contributed by atoms with van der Waals surface area (Å²) in [6, 6.07) is 24.1. The van der Waals surface area contributed by atoms with Crippen molar-refractivity contribution < 1.29 is 19.1 Å². The zero-order valence-electron chi connectivity index (χ0n) is 26.6. The van der Waals surface area contributed by atoms with Gasteiger partial charge in [0.2, 0.25) is 11.8 Å². The lowest BCUT2D eigenvalue weighted by Gasteiger charge is -2.50.